The molecule has 0 unspecified atom stereocenters. The van der Waals surface area contributed by atoms with E-state index in [0.29, 0.717) is 0 Å². The summed E-state index contributed by atoms with van der Waals surface area (Å²) in [4.78, 5) is 0. The van der Waals surface area contributed by atoms with Crippen molar-refractivity contribution in [1.82, 2.24) is 4.72 Å². The van der Waals surface area contributed by atoms with Crippen molar-refractivity contribution in [1.29, 1.82) is 5.26 Å². The quantitative estimate of drug-likeness (QED) is 0.514. The van der Waals surface area contributed by atoms with E-state index in [1.54, 1.807) is 0 Å². The Balaban J connectivity index is 2.49. The lowest BCUT2D eigenvalue weighted by molar-refractivity contribution is 0.305. The maximum Gasteiger partial charge on any atom is 0.115 e. The van der Waals surface area contributed by atoms with Gasteiger partial charge in [-0.05, 0) is 19.3 Å². The molecule has 0 spiro atoms. The van der Waals surface area contributed by atoms with Crippen LogP contribution >= 0.6 is 12.8 Å². The molecular formula is C5H8N2S. The van der Waals surface area contributed by atoms with Crippen LogP contribution in [0.3, 0.4) is 0 Å². The van der Waals surface area contributed by atoms with E-state index in [2.05, 4.69) is 23.6 Å². The van der Waals surface area contributed by atoms with Gasteiger partial charge >= 0.3 is 0 Å². The first-order valence-electron chi connectivity index (χ1n) is 2.65. The Labute approximate surface area is 54.4 Å². The molecule has 8 heavy (non-hydrogen) atoms. The van der Waals surface area contributed by atoms with E-state index in [1.807, 2.05) is 0 Å². The van der Waals surface area contributed by atoms with Crippen molar-refractivity contribution in [2.45, 2.75) is 24.8 Å². The highest BCUT2D eigenvalue weighted by atomic mass is 32.1. The monoisotopic (exact) mass is 128 g/mol. The molecule has 0 aromatic carbocycles. The molecule has 0 atom stereocenters. The van der Waals surface area contributed by atoms with Crippen molar-refractivity contribution in [3.63, 3.8) is 0 Å². The van der Waals surface area contributed by atoms with Gasteiger partial charge in [-0.25, -0.2) is 4.72 Å². The Morgan fingerprint density at radius 2 is 2.25 bits per heavy atom. The second-order valence-electron chi connectivity index (χ2n) is 2.16. The first-order valence-corrected chi connectivity index (χ1v) is 3.10. The van der Waals surface area contributed by atoms with E-state index in [-0.39, 0.29) is 5.54 Å². The predicted molar refractivity (Wildman–Crippen MR) is 34.3 cm³/mol. The normalized spacial score (nSPS) is 23.5. The van der Waals surface area contributed by atoms with Gasteiger partial charge in [0.25, 0.3) is 0 Å². The SMILES string of the molecule is N#CC1(NS)CCC1. The molecule has 1 rings (SSSR count). The third-order valence-corrected chi connectivity index (χ3v) is 2.06. The van der Waals surface area contributed by atoms with Gasteiger partial charge in [0.05, 0.1) is 6.07 Å². The number of rotatable bonds is 1. The van der Waals surface area contributed by atoms with Crippen LogP contribution in [0.15, 0.2) is 0 Å². The van der Waals surface area contributed by atoms with Crippen LogP contribution in [0.4, 0.5) is 0 Å². The third kappa shape index (κ3) is 0.702. The summed E-state index contributed by atoms with van der Waals surface area (Å²) in [6, 6.07) is 2.18. The van der Waals surface area contributed by atoms with Crippen LogP contribution in [0.5, 0.6) is 0 Å². The third-order valence-electron chi connectivity index (χ3n) is 1.64. The fourth-order valence-corrected chi connectivity index (χ4v) is 1.05. The van der Waals surface area contributed by atoms with Gasteiger partial charge in [-0.15, -0.1) is 0 Å². The summed E-state index contributed by atoms with van der Waals surface area (Å²) >= 11 is 3.84. The van der Waals surface area contributed by atoms with E-state index in [0.717, 1.165) is 19.3 Å². The molecule has 2 nitrogen and oxygen atoms in total. The zero-order chi connectivity index (χ0) is 6.04. The lowest BCUT2D eigenvalue weighted by Crippen LogP contribution is -2.44. The van der Waals surface area contributed by atoms with Crippen LogP contribution in [-0.2, 0) is 0 Å². The fourth-order valence-electron chi connectivity index (χ4n) is 0.779. The molecular weight excluding hydrogens is 120 g/mol. The maximum atomic E-state index is 8.48. The summed E-state index contributed by atoms with van der Waals surface area (Å²) in [5.74, 6) is 0. The number of thiol groups is 1. The summed E-state index contributed by atoms with van der Waals surface area (Å²) in [6.07, 6.45) is 3.06. The fraction of sp³-hybridized carbons (Fsp3) is 0.800. The molecule has 1 aliphatic carbocycles. The van der Waals surface area contributed by atoms with Crippen molar-refractivity contribution in [3.8, 4) is 6.07 Å². The predicted octanol–water partition coefficient (Wildman–Crippen LogP) is 0.867. The Morgan fingerprint density at radius 1 is 1.62 bits per heavy atom. The van der Waals surface area contributed by atoms with Crippen molar-refractivity contribution >= 4 is 12.8 Å². The Morgan fingerprint density at radius 3 is 2.25 bits per heavy atom. The van der Waals surface area contributed by atoms with Crippen LogP contribution in [0, 0.1) is 11.3 Å². The Kier molecular flexibility index (Phi) is 1.45. The van der Waals surface area contributed by atoms with Gasteiger partial charge < -0.3 is 0 Å². The van der Waals surface area contributed by atoms with E-state index < -0.39 is 0 Å². The second-order valence-corrected chi connectivity index (χ2v) is 2.38. The Bertz CT molecular complexity index is 117. The van der Waals surface area contributed by atoms with E-state index in [4.69, 9.17) is 5.26 Å². The largest absolute Gasteiger partial charge is 0.247 e. The summed E-state index contributed by atoms with van der Waals surface area (Å²) in [5, 5.41) is 8.48. The minimum absolute atomic E-state index is 0.275. The molecule has 0 aromatic heterocycles. The highest BCUT2D eigenvalue weighted by Crippen LogP contribution is 2.30. The zero-order valence-electron chi connectivity index (χ0n) is 4.52. The Hall–Kier alpha value is -0.200. The summed E-state index contributed by atoms with van der Waals surface area (Å²) in [7, 11) is 0. The van der Waals surface area contributed by atoms with Gasteiger partial charge in [0.1, 0.15) is 5.54 Å². The lowest BCUT2D eigenvalue weighted by atomic mass is 9.79. The number of nitriles is 1. The number of hydrogen-bond donors (Lipinski definition) is 2. The van der Waals surface area contributed by atoms with Gasteiger partial charge in [-0.1, -0.05) is 12.8 Å². The summed E-state index contributed by atoms with van der Waals surface area (Å²) < 4.78 is 2.70. The summed E-state index contributed by atoms with van der Waals surface area (Å²) in [6.45, 7) is 0. The minimum atomic E-state index is -0.275. The minimum Gasteiger partial charge on any atom is -0.247 e. The topological polar surface area (TPSA) is 35.8 Å². The van der Waals surface area contributed by atoms with Crippen molar-refractivity contribution in [2.24, 2.45) is 0 Å². The smallest absolute Gasteiger partial charge is 0.115 e. The number of nitrogens with zero attached hydrogens (tertiary/aromatic N) is 1. The molecule has 0 saturated heterocycles. The molecule has 0 bridgehead atoms. The first kappa shape index (κ1) is 5.93. The highest BCUT2D eigenvalue weighted by Gasteiger charge is 2.35. The van der Waals surface area contributed by atoms with Gasteiger partial charge in [0.15, 0.2) is 0 Å². The highest BCUT2D eigenvalue weighted by molar-refractivity contribution is 7.78. The molecule has 3 heteroatoms. The molecule has 1 fully saturated rings. The number of hydrogen-bond acceptors (Lipinski definition) is 3. The molecule has 44 valence electrons. The molecule has 1 aliphatic rings. The molecule has 0 radical (unpaired) electrons. The van der Waals surface area contributed by atoms with E-state index in [1.165, 1.54) is 0 Å². The van der Waals surface area contributed by atoms with Crippen LogP contribution in [0.1, 0.15) is 19.3 Å². The average Bonchev–Trinajstić information content (AvgIpc) is 1.67. The molecule has 0 aliphatic heterocycles. The van der Waals surface area contributed by atoms with E-state index in [9.17, 15) is 0 Å². The van der Waals surface area contributed by atoms with Gasteiger partial charge in [-0.3, -0.25) is 0 Å². The molecule has 0 aromatic rings. The maximum absolute atomic E-state index is 8.48. The van der Waals surface area contributed by atoms with Crippen molar-refractivity contribution < 1.29 is 0 Å². The molecule has 1 saturated carbocycles. The molecule has 0 heterocycles. The second kappa shape index (κ2) is 1.96. The molecule has 1 N–H and O–H groups in total. The standard InChI is InChI=1S/C5H8N2S/c6-4-5(7-8)2-1-3-5/h7-8H,1-3H2. The van der Waals surface area contributed by atoms with Gasteiger partial charge in [-0.2, -0.15) is 5.26 Å². The number of nitrogens with one attached hydrogen (secondary N) is 1. The average molecular weight is 128 g/mol. The van der Waals surface area contributed by atoms with Crippen LogP contribution in [0.2, 0.25) is 0 Å². The van der Waals surface area contributed by atoms with Crippen molar-refractivity contribution in [3.05, 3.63) is 0 Å². The van der Waals surface area contributed by atoms with Crippen LogP contribution in [-0.4, -0.2) is 5.54 Å². The van der Waals surface area contributed by atoms with Crippen LogP contribution in [0.25, 0.3) is 0 Å². The first-order chi connectivity index (χ1) is 3.83. The summed E-state index contributed by atoms with van der Waals surface area (Å²) in [5.41, 5.74) is -0.275. The van der Waals surface area contributed by atoms with Gasteiger partial charge in [0, 0.05) is 0 Å². The van der Waals surface area contributed by atoms with Crippen molar-refractivity contribution in [2.75, 3.05) is 0 Å². The lowest BCUT2D eigenvalue weighted by Gasteiger charge is -2.33. The zero-order valence-corrected chi connectivity index (χ0v) is 5.41. The van der Waals surface area contributed by atoms with E-state index >= 15 is 0 Å². The van der Waals surface area contributed by atoms with Crippen LogP contribution < -0.4 is 4.72 Å². The van der Waals surface area contributed by atoms with Gasteiger partial charge in [0.2, 0.25) is 0 Å². The molecule has 0 amide bonds.